The van der Waals surface area contributed by atoms with Crippen molar-refractivity contribution in [2.45, 2.75) is 38.3 Å². The third-order valence-electron chi connectivity index (χ3n) is 5.40. The summed E-state index contributed by atoms with van der Waals surface area (Å²) in [7, 11) is 2.24. The van der Waals surface area contributed by atoms with Gasteiger partial charge in [-0.05, 0) is 57.8 Å². The molecular weight excluding hydrogens is 264 g/mol. The Morgan fingerprint density at radius 2 is 1.86 bits per heavy atom. The molecule has 116 valence electrons. The molecule has 0 bridgehead atoms. The lowest BCUT2D eigenvalue weighted by Gasteiger charge is -2.47. The average molecular weight is 290 g/mol. The number of piperidine rings is 2. The normalized spacial score (nSPS) is 29.0. The quantitative estimate of drug-likeness (QED) is 0.879. The van der Waals surface area contributed by atoms with Gasteiger partial charge in [0.1, 0.15) is 11.5 Å². The van der Waals surface area contributed by atoms with Gasteiger partial charge in [-0.25, -0.2) is 0 Å². The van der Waals surface area contributed by atoms with E-state index in [0.29, 0.717) is 17.5 Å². The topological polar surface area (TPSA) is 46.9 Å². The molecule has 3 rings (SSSR count). The van der Waals surface area contributed by atoms with E-state index in [4.69, 9.17) is 0 Å². The first-order valence-corrected chi connectivity index (χ1v) is 8.03. The predicted molar refractivity (Wildman–Crippen MR) is 83.5 cm³/mol. The molecule has 4 nitrogen and oxygen atoms in total. The lowest BCUT2D eigenvalue weighted by Crippen LogP contribution is -2.53. The lowest BCUT2D eigenvalue weighted by atomic mass is 9.83. The van der Waals surface area contributed by atoms with Crippen LogP contribution in [0.3, 0.4) is 0 Å². The summed E-state index contributed by atoms with van der Waals surface area (Å²) in [5.74, 6) is 1.11. The van der Waals surface area contributed by atoms with Crippen molar-refractivity contribution in [2.24, 2.45) is 5.92 Å². The zero-order valence-electron chi connectivity index (χ0n) is 13.0. The highest BCUT2D eigenvalue weighted by Crippen LogP contribution is 2.39. The molecular formula is C17H26N2O2. The van der Waals surface area contributed by atoms with Crippen LogP contribution in [0.15, 0.2) is 18.2 Å². The molecule has 1 aromatic carbocycles. The zero-order valence-corrected chi connectivity index (χ0v) is 13.0. The Labute approximate surface area is 127 Å². The Morgan fingerprint density at radius 3 is 2.57 bits per heavy atom. The zero-order chi connectivity index (χ0) is 15.0. The summed E-state index contributed by atoms with van der Waals surface area (Å²) < 4.78 is 0. The van der Waals surface area contributed by atoms with Crippen LogP contribution in [0.2, 0.25) is 0 Å². The van der Waals surface area contributed by atoms with Gasteiger partial charge in [0.25, 0.3) is 0 Å². The molecule has 0 saturated carbocycles. The summed E-state index contributed by atoms with van der Waals surface area (Å²) in [4.78, 5) is 4.92. The molecule has 0 spiro atoms. The molecule has 2 fully saturated rings. The Hall–Kier alpha value is -1.26. The van der Waals surface area contributed by atoms with E-state index >= 15 is 0 Å². The Bertz CT molecular complexity index is 485. The van der Waals surface area contributed by atoms with E-state index in [0.717, 1.165) is 13.1 Å². The summed E-state index contributed by atoms with van der Waals surface area (Å²) in [5.41, 5.74) is 0.667. The summed E-state index contributed by atoms with van der Waals surface area (Å²) in [6, 6.07) is 5.77. The standard InChI is InChI=1S/C17H26N2O2/c1-12(17-15(20)6-3-7-16(17)21)19-10-8-14-13(11-19)5-4-9-18(14)2/h3,6-7,12-14,20-21H,4-5,8-11H2,1-2H3. The lowest BCUT2D eigenvalue weighted by molar-refractivity contribution is 0.0221. The van der Waals surface area contributed by atoms with Gasteiger partial charge in [-0.1, -0.05) is 6.07 Å². The van der Waals surface area contributed by atoms with Crippen molar-refractivity contribution in [2.75, 3.05) is 26.7 Å². The number of phenols is 2. The monoisotopic (exact) mass is 290 g/mol. The SMILES string of the molecule is CC(c1c(O)cccc1O)N1CCC2C(CCCN2C)C1. The van der Waals surface area contributed by atoms with E-state index in [2.05, 4.69) is 23.8 Å². The van der Waals surface area contributed by atoms with Crippen molar-refractivity contribution in [3.63, 3.8) is 0 Å². The molecule has 3 atom stereocenters. The molecule has 2 N–H and O–H groups in total. The van der Waals surface area contributed by atoms with Crippen molar-refractivity contribution in [1.29, 1.82) is 0 Å². The van der Waals surface area contributed by atoms with Crippen LogP contribution in [0.25, 0.3) is 0 Å². The van der Waals surface area contributed by atoms with E-state index in [1.54, 1.807) is 18.2 Å². The minimum atomic E-state index is 0.0550. The third kappa shape index (κ3) is 2.74. The molecule has 0 aliphatic carbocycles. The number of fused-ring (bicyclic) bond motifs is 1. The summed E-state index contributed by atoms with van der Waals surface area (Å²) in [5, 5.41) is 20.1. The van der Waals surface area contributed by atoms with E-state index in [1.807, 2.05) is 0 Å². The van der Waals surface area contributed by atoms with Crippen LogP contribution in [0.4, 0.5) is 0 Å². The van der Waals surface area contributed by atoms with E-state index < -0.39 is 0 Å². The van der Waals surface area contributed by atoms with E-state index in [9.17, 15) is 10.2 Å². The number of benzene rings is 1. The number of likely N-dealkylation sites (tertiary alicyclic amines) is 2. The van der Waals surface area contributed by atoms with Crippen molar-refractivity contribution in [3.8, 4) is 11.5 Å². The van der Waals surface area contributed by atoms with Gasteiger partial charge in [-0.2, -0.15) is 0 Å². The Balaban J connectivity index is 1.76. The van der Waals surface area contributed by atoms with Gasteiger partial charge in [0, 0.05) is 25.2 Å². The molecule has 3 unspecified atom stereocenters. The number of phenolic OH excluding ortho intramolecular Hbond substituents is 2. The summed E-state index contributed by atoms with van der Waals surface area (Å²) in [6.07, 6.45) is 3.76. The first-order chi connectivity index (χ1) is 10.1. The van der Waals surface area contributed by atoms with Gasteiger partial charge in [0.15, 0.2) is 0 Å². The molecule has 0 amide bonds. The van der Waals surface area contributed by atoms with Crippen LogP contribution in [0.5, 0.6) is 11.5 Å². The highest BCUT2D eigenvalue weighted by Gasteiger charge is 2.36. The average Bonchev–Trinajstić information content (AvgIpc) is 2.47. The third-order valence-corrected chi connectivity index (χ3v) is 5.40. The fourth-order valence-corrected chi connectivity index (χ4v) is 4.18. The summed E-state index contributed by atoms with van der Waals surface area (Å²) in [6.45, 7) is 5.39. The smallest absolute Gasteiger partial charge is 0.124 e. The molecule has 1 aromatic rings. The van der Waals surface area contributed by atoms with Gasteiger partial charge in [0.2, 0.25) is 0 Å². The van der Waals surface area contributed by atoms with Crippen LogP contribution in [-0.2, 0) is 0 Å². The van der Waals surface area contributed by atoms with Crippen molar-refractivity contribution in [3.05, 3.63) is 23.8 Å². The second-order valence-electron chi connectivity index (χ2n) is 6.62. The van der Waals surface area contributed by atoms with Gasteiger partial charge < -0.3 is 15.1 Å². The van der Waals surface area contributed by atoms with Crippen LogP contribution >= 0.6 is 0 Å². The fraction of sp³-hybridized carbons (Fsp3) is 0.647. The minimum absolute atomic E-state index is 0.0550. The second-order valence-corrected chi connectivity index (χ2v) is 6.62. The van der Waals surface area contributed by atoms with Gasteiger partial charge in [0.05, 0.1) is 5.56 Å². The number of aromatic hydroxyl groups is 2. The van der Waals surface area contributed by atoms with E-state index in [-0.39, 0.29) is 17.5 Å². The Kier molecular flexibility index (Phi) is 4.09. The first-order valence-electron chi connectivity index (χ1n) is 8.03. The number of hydrogen-bond donors (Lipinski definition) is 2. The van der Waals surface area contributed by atoms with Crippen LogP contribution in [-0.4, -0.2) is 52.7 Å². The number of rotatable bonds is 2. The fourth-order valence-electron chi connectivity index (χ4n) is 4.18. The number of hydrogen-bond acceptors (Lipinski definition) is 4. The van der Waals surface area contributed by atoms with Crippen molar-refractivity contribution < 1.29 is 10.2 Å². The van der Waals surface area contributed by atoms with Crippen molar-refractivity contribution >= 4 is 0 Å². The highest BCUT2D eigenvalue weighted by molar-refractivity contribution is 5.45. The summed E-state index contributed by atoms with van der Waals surface area (Å²) >= 11 is 0. The Morgan fingerprint density at radius 1 is 1.14 bits per heavy atom. The maximum absolute atomic E-state index is 10.1. The molecule has 2 aliphatic heterocycles. The van der Waals surface area contributed by atoms with Crippen LogP contribution in [0, 0.1) is 5.92 Å². The molecule has 2 aliphatic rings. The molecule has 0 radical (unpaired) electrons. The van der Waals surface area contributed by atoms with E-state index in [1.165, 1.54) is 25.8 Å². The minimum Gasteiger partial charge on any atom is -0.507 e. The second kappa shape index (κ2) is 5.85. The molecule has 21 heavy (non-hydrogen) atoms. The van der Waals surface area contributed by atoms with Gasteiger partial charge >= 0.3 is 0 Å². The largest absolute Gasteiger partial charge is 0.507 e. The first kappa shape index (κ1) is 14.7. The maximum atomic E-state index is 10.1. The molecule has 2 heterocycles. The van der Waals surface area contributed by atoms with Gasteiger partial charge in [-0.3, -0.25) is 4.90 Å². The van der Waals surface area contributed by atoms with Crippen LogP contribution < -0.4 is 0 Å². The highest BCUT2D eigenvalue weighted by atomic mass is 16.3. The number of nitrogens with zero attached hydrogens (tertiary/aromatic N) is 2. The molecule has 0 aromatic heterocycles. The maximum Gasteiger partial charge on any atom is 0.124 e. The molecule has 4 heteroatoms. The predicted octanol–water partition coefficient (Wildman–Crippen LogP) is 2.57. The van der Waals surface area contributed by atoms with Crippen molar-refractivity contribution in [1.82, 2.24) is 9.80 Å². The van der Waals surface area contributed by atoms with Crippen LogP contribution in [0.1, 0.15) is 37.8 Å². The molecule has 2 saturated heterocycles. The van der Waals surface area contributed by atoms with Gasteiger partial charge in [-0.15, -0.1) is 0 Å².